The molecule has 0 spiro atoms. The molecule has 152 valence electrons. The third-order valence-corrected chi connectivity index (χ3v) is 6.08. The van der Waals surface area contributed by atoms with Crippen LogP contribution in [0.5, 0.6) is 0 Å². The van der Waals surface area contributed by atoms with Crippen LogP contribution in [0.2, 0.25) is 10.0 Å². The standard InChI is InChI=1S/C20H19Cl2FN4O2/c21-14-5-4-12(8-15(14)22)20(29-19(24)28,17-3-1-2-6-25-17)13-7-11-10-26-27-18(11)16(23)9-13/h4-5,7-10,17,25H,1-3,6H2,(H2,24,28)(H,26,27)/t17-,20+/m0/s1. The van der Waals surface area contributed by atoms with Gasteiger partial charge in [-0.3, -0.25) is 5.10 Å². The molecule has 1 aromatic heterocycles. The summed E-state index contributed by atoms with van der Waals surface area (Å²) in [7, 11) is 0. The Morgan fingerprint density at radius 3 is 2.72 bits per heavy atom. The minimum absolute atomic E-state index is 0.271. The van der Waals surface area contributed by atoms with E-state index in [0.717, 1.165) is 19.4 Å². The van der Waals surface area contributed by atoms with E-state index in [1.807, 2.05) is 0 Å². The number of hydrogen-bond acceptors (Lipinski definition) is 4. The third kappa shape index (κ3) is 3.54. The Bertz CT molecular complexity index is 1070. The van der Waals surface area contributed by atoms with Crippen LogP contribution in [0.4, 0.5) is 9.18 Å². The highest BCUT2D eigenvalue weighted by Gasteiger charge is 2.47. The smallest absolute Gasteiger partial charge is 0.405 e. The van der Waals surface area contributed by atoms with Gasteiger partial charge in [0, 0.05) is 16.5 Å². The fraction of sp³-hybridized carbons (Fsp3) is 0.300. The maximum absolute atomic E-state index is 14.9. The number of amides is 1. The van der Waals surface area contributed by atoms with Crippen LogP contribution in [0.3, 0.4) is 0 Å². The number of carbonyl (C=O) groups excluding carboxylic acids is 1. The normalized spacial score (nSPS) is 19.1. The van der Waals surface area contributed by atoms with Crippen LogP contribution in [0.25, 0.3) is 10.9 Å². The first-order valence-electron chi connectivity index (χ1n) is 9.22. The van der Waals surface area contributed by atoms with Crippen LogP contribution in [0, 0.1) is 5.82 Å². The van der Waals surface area contributed by atoms with Crippen molar-refractivity contribution in [1.29, 1.82) is 0 Å². The third-order valence-electron chi connectivity index (χ3n) is 5.34. The fourth-order valence-electron chi connectivity index (χ4n) is 4.07. The molecule has 9 heteroatoms. The highest BCUT2D eigenvalue weighted by molar-refractivity contribution is 6.42. The SMILES string of the molecule is NC(=O)O[C@](c1ccc(Cl)c(Cl)c1)(c1cc(F)c2[nH]ncc2c1)[C@@H]1CCCCN1. The minimum Gasteiger partial charge on any atom is -0.432 e. The number of H-pyrrole nitrogens is 1. The van der Waals surface area contributed by atoms with Gasteiger partial charge < -0.3 is 15.8 Å². The number of fused-ring (bicyclic) bond motifs is 1. The quantitative estimate of drug-likeness (QED) is 0.561. The highest BCUT2D eigenvalue weighted by Crippen LogP contribution is 2.43. The molecule has 0 aliphatic carbocycles. The molecule has 29 heavy (non-hydrogen) atoms. The maximum Gasteiger partial charge on any atom is 0.405 e. The summed E-state index contributed by atoms with van der Waals surface area (Å²) in [5.74, 6) is -0.511. The number of nitrogens with two attached hydrogens (primary N) is 1. The first-order valence-corrected chi connectivity index (χ1v) is 9.98. The van der Waals surface area contributed by atoms with Gasteiger partial charge in [0.15, 0.2) is 5.60 Å². The first kappa shape index (κ1) is 19.9. The highest BCUT2D eigenvalue weighted by atomic mass is 35.5. The van der Waals surface area contributed by atoms with E-state index in [9.17, 15) is 9.18 Å². The second-order valence-corrected chi connectivity index (χ2v) is 7.89. The lowest BCUT2D eigenvalue weighted by atomic mass is 9.76. The Hall–Kier alpha value is -2.35. The summed E-state index contributed by atoms with van der Waals surface area (Å²) in [5.41, 5.74) is 5.35. The predicted octanol–water partition coefficient (Wildman–Crippen LogP) is 4.49. The van der Waals surface area contributed by atoms with Gasteiger partial charge in [-0.2, -0.15) is 5.10 Å². The van der Waals surface area contributed by atoms with E-state index < -0.39 is 17.5 Å². The number of aromatic amines is 1. The summed E-state index contributed by atoms with van der Waals surface area (Å²) in [6, 6.07) is 7.69. The van der Waals surface area contributed by atoms with Crippen LogP contribution in [-0.4, -0.2) is 28.9 Å². The predicted molar refractivity (Wildman–Crippen MR) is 110 cm³/mol. The van der Waals surface area contributed by atoms with E-state index in [0.29, 0.717) is 33.0 Å². The monoisotopic (exact) mass is 436 g/mol. The molecule has 1 aliphatic rings. The number of halogens is 3. The van der Waals surface area contributed by atoms with Gasteiger partial charge in [0.1, 0.15) is 11.3 Å². The van der Waals surface area contributed by atoms with E-state index in [4.69, 9.17) is 33.7 Å². The van der Waals surface area contributed by atoms with Gasteiger partial charge in [0.2, 0.25) is 0 Å². The lowest BCUT2D eigenvalue weighted by Gasteiger charge is -2.43. The van der Waals surface area contributed by atoms with Crippen molar-refractivity contribution in [2.24, 2.45) is 5.73 Å². The molecule has 0 bridgehead atoms. The molecule has 6 nitrogen and oxygen atoms in total. The number of nitrogens with zero attached hydrogens (tertiary/aromatic N) is 1. The van der Waals surface area contributed by atoms with Crippen molar-refractivity contribution in [2.75, 3.05) is 6.54 Å². The summed E-state index contributed by atoms with van der Waals surface area (Å²) in [5, 5.41) is 11.1. The average Bonchev–Trinajstić information content (AvgIpc) is 3.18. The second-order valence-electron chi connectivity index (χ2n) is 7.08. The van der Waals surface area contributed by atoms with Crippen molar-refractivity contribution in [3.63, 3.8) is 0 Å². The number of piperidine rings is 1. The lowest BCUT2D eigenvalue weighted by molar-refractivity contribution is 0.00652. The van der Waals surface area contributed by atoms with Crippen LogP contribution < -0.4 is 11.1 Å². The molecule has 2 heterocycles. The van der Waals surface area contributed by atoms with E-state index in [1.165, 1.54) is 12.3 Å². The average molecular weight is 437 g/mol. The van der Waals surface area contributed by atoms with Gasteiger partial charge >= 0.3 is 6.09 Å². The molecular formula is C20H19Cl2FN4O2. The number of carbonyl (C=O) groups is 1. The van der Waals surface area contributed by atoms with Crippen LogP contribution in [0.1, 0.15) is 30.4 Å². The first-order chi connectivity index (χ1) is 13.9. The van der Waals surface area contributed by atoms with Crippen molar-refractivity contribution < 1.29 is 13.9 Å². The van der Waals surface area contributed by atoms with Gasteiger partial charge in [-0.25, -0.2) is 9.18 Å². The number of nitrogens with one attached hydrogen (secondary N) is 2. The molecule has 3 aromatic rings. The molecule has 0 saturated carbocycles. The molecule has 2 aromatic carbocycles. The van der Waals surface area contributed by atoms with E-state index in [1.54, 1.807) is 24.3 Å². The lowest BCUT2D eigenvalue weighted by Crippen LogP contribution is -2.54. The van der Waals surface area contributed by atoms with Crippen molar-refractivity contribution >= 4 is 40.2 Å². The van der Waals surface area contributed by atoms with E-state index >= 15 is 0 Å². The molecule has 0 unspecified atom stereocenters. The number of ether oxygens (including phenoxy) is 1. The second kappa shape index (κ2) is 7.82. The Kier molecular flexibility index (Phi) is 5.38. The van der Waals surface area contributed by atoms with Crippen molar-refractivity contribution in [1.82, 2.24) is 15.5 Å². The summed E-state index contributed by atoms with van der Waals surface area (Å²) >= 11 is 12.4. The zero-order valence-corrected chi connectivity index (χ0v) is 16.9. The van der Waals surface area contributed by atoms with Crippen molar-refractivity contribution in [3.05, 3.63) is 63.5 Å². The topological polar surface area (TPSA) is 93.0 Å². The number of aromatic nitrogens is 2. The fourth-order valence-corrected chi connectivity index (χ4v) is 4.37. The number of hydrogen-bond donors (Lipinski definition) is 3. The summed E-state index contributed by atoms with van der Waals surface area (Å²) in [6.07, 6.45) is 3.13. The Balaban J connectivity index is 2.01. The summed E-state index contributed by atoms with van der Waals surface area (Å²) in [6.45, 7) is 0.728. The van der Waals surface area contributed by atoms with Gasteiger partial charge in [-0.1, -0.05) is 35.7 Å². The number of benzene rings is 2. The van der Waals surface area contributed by atoms with Gasteiger partial charge in [-0.05, 0) is 43.7 Å². The van der Waals surface area contributed by atoms with E-state index in [-0.39, 0.29) is 11.6 Å². The largest absolute Gasteiger partial charge is 0.432 e. The van der Waals surface area contributed by atoms with Crippen LogP contribution >= 0.6 is 23.2 Å². The Labute approximate surface area is 176 Å². The molecule has 1 aliphatic heterocycles. The Morgan fingerprint density at radius 2 is 2.03 bits per heavy atom. The summed E-state index contributed by atoms with van der Waals surface area (Å²) in [4.78, 5) is 12.1. The molecule has 1 fully saturated rings. The van der Waals surface area contributed by atoms with Gasteiger partial charge in [-0.15, -0.1) is 0 Å². The van der Waals surface area contributed by atoms with Crippen molar-refractivity contribution in [2.45, 2.75) is 30.9 Å². The van der Waals surface area contributed by atoms with Crippen molar-refractivity contribution in [3.8, 4) is 0 Å². The molecule has 4 rings (SSSR count). The van der Waals surface area contributed by atoms with Gasteiger partial charge in [0.05, 0.1) is 22.3 Å². The molecule has 2 atom stereocenters. The molecule has 0 radical (unpaired) electrons. The van der Waals surface area contributed by atoms with Crippen LogP contribution in [0.15, 0.2) is 36.5 Å². The summed E-state index contributed by atoms with van der Waals surface area (Å²) < 4.78 is 20.7. The minimum atomic E-state index is -1.40. The van der Waals surface area contributed by atoms with Crippen LogP contribution in [-0.2, 0) is 10.3 Å². The van der Waals surface area contributed by atoms with E-state index in [2.05, 4.69) is 15.5 Å². The molecule has 1 saturated heterocycles. The molecule has 4 N–H and O–H groups in total. The van der Waals surface area contributed by atoms with Gasteiger partial charge in [0.25, 0.3) is 0 Å². The maximum atomic E-state index is 14.9. The number of primary amides is 1. The zero-order chi connectivity index (χ0) is 20.6. The Morgan fingerprint density at radius 1 is 1.21 bits per heavy atom. The molecule has 1 amide bonds. The zero-order valence-electron chi connectivity index (χ0n) is 15.3. The number of rotatable bonds is 4. The molecular weight excluding hydrogens is 418 g/mol.